The van der Waals surface area contributed by atoms with Crippen molar-refractivity contribution in [1.82, 2.24) is 20.9 Å². The van der Waals surface area contributed by atoms with Gasteiger partial charge in [-0.15, -0.1) is 24.0 Å². The van der Waals surface area contributed by atoms with Gasteiger partial charge in [-0.05, 0) is 57.2 Å². The van der Waals surface area contributed by atoms with Gasteiger partial charge in [-0.25, -0.2) is 4.99 Å². The van der Waals surface area contributed by atoms with E-state index < -0.39 is 0 Å². The number of carbonyl (C=O) groups is 1. The van der Waals surface area contributed by atoms with Crippen LogP contribution in [0.1, 0.15) is 57.9 Å². The van der Waals surface area contributed by atoms with Crippen LogP contribution >= 0.6 is 24.0 Å². The molecule has 2 fully saturated rings. The molecule has 0 radical (unpaired) electrons. The quantitative estimate of drug-likeness (QED) is 0.247. The average molecular weight is 558 g/mol. The monoisotopic (exact) mass is 557 g/mol. The van der Waals surface area contributed by atoms with Crippen molar-refractivity contribution in [3.63, 3.8) is 0 Å². The maximum Gasteiger partial charge on any atom is 0.257 e. The van der Waals surface area contributed by atoms with Gasteiger partial charge in [-0.2, -0.15) is 0 Å². The number of rotatable bonds is 9. The Kier molecular flexibility index (Phi) is 12.2. The largest absolute Gasteiger partial charge is 0.484 e. The first-order chi connectivity index (χ1) is 15.2. The molecule has 1 amide bonds. The Balaban J connectivity index is 0.00000363. The van der Waals surface area contributed by atoms with Crippen molar-refractivity contribution in [2.45, 2.75) is 71.0 Å². The summed E-state index contributed by atoms with van der Waals surface area (Å²) in [5.74, 6) is 1.45. The Bertz CT molecular complexity index is 716. The number of hydrogen-bond donors (Lipinski definition) is 3. The number of benzene rings is 1. The Morgan fingerprint density at radius 3 is 2.50 bits per heavy atom. The van der Waals surface area contributed by atoms with Crippen molar-refractivity contribution in [2.24, 2.45) is 4.99 Å². The molecule has 32 heavy (non-hydrogen) atoms. The van der Waals surface area contributed by atoms with E-state index >= 15 is 0 Å². The highest BCUT2D eigenvalue weighted by Crippen LogP contribution is 2.26. The molecular weight excluding hydrogens is 517 g/mol. The third kappa shape index (κ3) is 8.77. The van der Waals surface area contributed by atoms with E-state index in [2.05, 4.69) is 27.8 Å². The second-order valence-electron chi connectivity index (χ2n) is 8.48. The van der Waals surface area contributed by atoms with Gasteiger partial charge in [0.05, 0.1) is 6.54 Å². The zero-order valence-electron chi connectivity index (χ0n) is 19.6. The number of halogens is 1. The zero-order valence-corrected chi connectivity index (χ0v) is 21.9. The Morgan fingerprint density at radius 2 is 1.81 bits per heavy atom. The lowest BCUT2D eigenvalue weighted by molar-refractivity contribution is -0.122. The van der Waals surface area contributed by atoms with E-state index in [1.807, 2.05) is 31.2 Å². The molecular formula is C24H40IN5O2. The SMILES string of the molecule is CCNC(=O)COc1cccc(CN=C(NCC)NC2CCN(C3CCCC3)CC2)c1.I. The molecule has 180 valence electrons. The molecule has 1 heterocycles. The van der Waals surface area contributed by atoms with E-state index in [1.54, 1.807) is 0 Å². The van der Waals surface area contributed by atoms with E-state index in [9.17, 15) is 4.79 Å². The number of nitrogens with zero attached hydrogens (tertiary/aromatic N) is 2. The van der Waals surface area contributed by atoms with E-state index in [-0.39, 0.29) is 36.5 Å². The van der Waals surface area contributed by atoms with Crippen LogP contribution in [0.5, 0.6) is 5.75 Å². The van der Waals surface area contributed by atoms with Gasteiger partial charge in [0.1, 0.15) is 5.75 Å². The van der Waals surface area contributed by atoms with Gasteiger partial charge in [0, 0.05) is 38.3 Å². The van der Waals surface area contributed by atoms with Gasteiger partial charge in [-0.3, -0.25) is 4.79 Å². The first kappa shape index (κ1) is 26.7. The standard InChI is InChI=1S/C24H39N5O2.HI/c1-3-25-23(30)18-31-22-11-7-8-19(16-22)17-27-24(26-4-2)28-20-12-14-29(15-13-20)21-9-5-6-10-21;/h7-8,11,16,20-21H,3-6,9-10,12-15,17-18H2,1-2H3,(H,25,30)(H2,26,27,28);1H. The molecule has 2 aliphatic rings. The molecule has 1 aromatic rings. The topological polar surface area (TPSA) is 78.0 Å². The number of ether oxygens (including phenoxy) is 1. The predicted molar refractivity (Wildman–Crippen MR) is 141 cm³/mol. The molecule has 1 saturated carbocycles. The van der Waals surface area contributed by atoms with Crippen molar-refractivity contribution in [1.29, 1.82) is 0 Å². The molecule has 0 unspecified atom stereocenters. The highest BCUT2D eigenvalue weighted by molar-refractivity contribution is 14.0. The van der Waals surface area contributed by atoms with Crippen LogP contribution in [0.2, 0.25) is 0 Å². The lowest BCUT2D eigenvalue weighted by atomic mass is 10.0. The summed E-state index contributed by atoms with van der Waals surface area (Å²) in [5, 5.41) is 9.75. The number of nitrogens with one attached hydrogen (secondary N) is 3. The summed E-state index contributed by atoms with van der Waals surface area (Å²) in [6.07, 6.45) is 7.91. The van der Waals surface area contributed by atoms with Crippen LogP contribution in [-0.2, 0) is 11.3 Å². The van der Waals surface area contributed by atoms with Crippen molar-refractivity contribution in [3.05, 3.63) is 29.8 Å². The Hall–Kier alpha value is -1.55. The smallest absolute Gasteiger partial charge is 0.257 e. The second kappa shape index (κ2) is 14.6. The number of piperidine rings is 1. The van der Waals surface area contributed by atoms with Crippen molar-refractivity contribution in [3.8, 4) is 5.75 Å². The molecule has 1 aliphatic carbocycles. The molecule has 3 rings (SSSR count). The number of carbonyl (C=O) groups excluding carboxylic acids is 1. The van der Waals surface area contributed by atoms with Crippen molar-refractivity contribution < 1.29 is 9.53 Å². The number of likely N-dealkylation sites (tertiary alicyclic amines) is 1. The van der Waals surface area contributed by atoms with Gasteiger partial charge in [0.2, 0.25) is 0 Å². The summed E-state index contributed by atoms with van der Waals surface area (Å²) in [5.41, 5.74) is 1.06. The summed E-state index contributed by atoms with van der Waals surface area (Å²) in [6, 6.07) is 9.09. The van der Waals surface area contributed by atoms with Crippen LogP contribution < -0.4 is 20.7 Å². The molecule has 7 nitrogen and oxygen atoms in total. The molecule has 1 saturated heterocycles. The van der Waals surface area contributed by atoms with E-state index in [1.165, 1.54) is 51.6 Å². The van der Waals surface area contributed by atoms with Gasteiger partial charge in [0.25, 0.3) is 5.91 Å². The van der Waals surface area contributed by atoms with Crippen LogP contribution in [0, 0.1) is 0 Å². The molecule has 3 N–H and O–H groups in total. The summed E-state index contributed by atoms with van der Waals surface area (Å²) in [7, 11) is 0. The lowest BCUT2D eigenvalue weighted by Gasteiger charge is -2.36. The summed E-state index contributed by atoms with van der Waals surface area (Å²) < 4.78 is 5.59. The fourth-order valence-electron chi connectivity index (χ4n) is 4.49. The summed E-state index contributed by atoms with van der Waals surface area (Å²) in [4.78, 5) is 19.1. The second-order valence-corrected chi connectivity index (χ2v) is 8.48. The molecule has 0 atom stereocenters. The highest BCUT2D eigenvalue weighted by atomic mass is 127. The van der Waals surface area contributed by atoms with Crippen molar-refractivity contribution in [2.75, 3.05) is 32.8 Å². The number of amides is 1. The molecule has 0 spiro atoms. The van der Waals surface area contributed by atoms with Crippen LogP contribution in [0.25, 0.3) is 0 Å². The maximum atomic E-state index is 11.6. The highest BCUT2D eigenvalue weighted by Gasteiger charge is 2.27. The minimum absolute atomic E-state index is 0. The van der Waals surface area contributed by atoms with E-state index in [0.29, 0.717) is 24.9 Å². The fourth-order valence-corrected chi connectivity index (χ4v) is 4.49. The van der Waals surface area contributed by atoms with Gasteiger partial charge < -0.3 is 25.6 Å². The van der Waals surface area contributed by atoms with Gasteiger partial charge >= 0.3 is 0 Å². The number of aliphatic imine (C=N–C) groups is 1. The Morgan fingerprint density at radius 1 is 1.09 bits per heavy atom. The third-order valence-corrected chi connectivity index (χ3v) is 6.12. The van der Waals surface area contributed by atoms with E-state index in [4.69, 9.17) is 9.73 Å². The van der Waals surface area contributed by atoms with Crippen LogP contribution in [0.4, 0.5) is 0 Å². The van der Waals surface area contributed by atoms with Gasteiger partial charge in [-0.1, -0.05) is 25.0 Å². The Labute approximate surface area is 210 Å². The summed E-state index contributed by atoms with van der Waals surface area (Å²) >= 11 is 0. The predicted octanol–water partition coefficient (Wildman–Crippen LogP) is 3.28. The molecule has 1 aromatic carbocycles. The molecule has 8 heteroatoms. The minimum Gasteiger partial charge on any atom is -0.484 e. The van der Waals surface area contributed by atoms with Crippen molar-refractivity contribution >= 4 is 35.8 Å². The van der Waals surface area contributed by atoms with Crippen LogP contribution in [0.15, 0.2) is 29.3 Å². The average Bonchev–Trinajstić information content (AvgIpc) is 3.32. The third-order valence-electron chi connectivity index (χ3n) is 6.12. The van der Waals surface area contributed by atoms with Crippen LogP contribution in [0.3, 0.4) is 0 Å². The molecule has 0 aromatic heterocycles. The first-order valence-corrected chi connectivity index (χ1v) is 11.9. The van der Waals surface area contributed by atoms with E-state index in [0.717, 1.165) is 24.1 Å². The summed E-state index contributed by atoms with van der Waals surface area (Å²) in [6.45, 7) is 8.40. The first-order valence-electron chi connectivity index (χ1n) is 11.9. The zero-order chi connectivity index (χ0) is 21.9. The molecule has 0 bridgehead atoms. The van der Waals surface area contributed by atoms with Crippen LogP contribution in [-0.4, -0.2) is 61.6 Å². The maximum absolute atomic E-state index is 11.6. The lowest BCUT2D eigenvalue weighted by Crippen LogP contribution is -2.50. The number of hydrogen-bond acceptors (Lipinski definition) is 4. The number of guanidine groups is 1. The normalized spacial score (nSPS) is 18.1. The van der Waals surface area contributed by atoms with Gasteiger partial charge in [0.15, 0.2) is 12.6 Å². The number of likely N-dealkylation sites (N-methyl/N-ethyl adjacent to an activating group) is 1. The fraction of sp³-hybridized carbons (Fsp3) is 0.667. The minimum atomic E-state index is -0.108. The molecule has 1 aliphatic heterocycles.